The Morgan fingerprint density at radius 3 is 2.71 bits per heavy atom. The summed E-state index contributed by atoms with van der Waals surface area (Å²) in [6.45, 7) is 7.67. The molecule has 3 heterocycles. The van der Waals surface area contributed by atoms with E-state index in [0.29, 0.717) is 18.0 Å². The zero-order valence-corrected chi connectivity index (χ0v) is 17.2. The fraction of sp³-hybridized carbons (Fsp3) is 0.571. The van der Waals surface area contributed by atoms with E-state index in [4.69, 9.17) is 5.73 Å². The van der Waals surface area contributed by atoms with Gasteiger partial charge in [0.15, 0.2) is 0 Å². The second-order valence-electron chi connectivity index (χ2n) is 8.81. The Hall–Kier alpha value is -2.41. The molecule has 2 atom stereocenters. The van der Waals surface area contributed by atoms with Crippen LogP contribution in [0.4, 0.5) is 5.69 Å². The summed E-state index contributed by atoms with van der Waals surface area (Å²) in [5.74, 6) is 0.542. The van der Waals surface area contributed by atoms with E-state index in [2.05, 4.69) is 34.1 Å². The van der Waals surface area contributed by atoms with Crippen molar-refractivity contribution in [3.8, 4) is 11.1 Å². The molecule has 1 unspecified atom stereocenters. The Morgan fingerprint density at radius 1 is 1.39 bits per heavy atom. The molecule has 150 valence electrons. The van der Waals surface area contributed by atoms with E-state index < -0.39 is 0 Å². The molecule has 7 nitrogen and oxygen atoms in total. The summed E-state index contributed by atoms with van der Waals surface area (Å²) in [5, 5.41) is 7.52. The summed E-state index contributed by atoms with van der Waals surface area (Å²) in [4.78, 5) is 20.0. The molecule has 1 aliphatic heterocycles. The highest BCUT2D eigenvalue weighted by Crippen LogP contribution is 2.39. The average molecular weight is 383 g/mol. The molecule has 0 radical (unpaired) electrons. The quantitative estimate of drug-likeness (QED) is 0.828. The minimum atomic E-state index is -0.265. The lowest BCUT2D eigenvalue weighted by Crippen LogP contribution is -2.40. The second kappa shape index (κ2) is 6.88. The van der Waals surface area contributed by atoms with Gasteiger partial charge in [-0.25, -0.2) is 0 Å². The van der Waals surface area contributed by atoms with Crippen molar-refractivity contribution in [2.75, 3.05) is 18.0 Å². The molecule has 1 aliphatic carbocycles. The van der Waals surface area contributed by atoms with Gasteiger partial charge in [-0.05, 0) is 46.0 Å². The van der Waals surface area contributed by atoms with Gasteiger partial charge in [0.1, 0.15) is 0 Å². The van der Waals surface area contributed by atoms with Crippen molar-refractivity contribution in [2.45, 2.75) is 51.6 Å². The first-order valence-electron chi connectivity index (χ1n) is 10.1. The van der Waals surface area contributed by atoms with Crippen LogP contribution in [0.2, 0.25) is 0 Å². The highest BCUT2D eigenvalue weighted by atomic mass is 16.1. The predicted molar refractivity (Wildman–Crippen MR) is 110 cm³/mol. The zero-order chi connectivity index (χ0) is 20.1. The molecule has 7 heteroatoms. The number of nitrogens with zero attached hydrogens (tertiary/aromatic N) is 4. The molecule has 2 aromatic heterocycles. The number of rotatable bonds is 5. The maximum Gasteiger partial charge on any atom is 0.255 e. The minimum Gasteiger partial charge on any atom is -0.368 e. The van der Waals surface area contributed by atoms with Crippen LogP contribution in [0, 0.1) is 12.8 Å². The van der Waals surface area contributed by atoms with Crippen LogP contribution in [0.25, 0.3) is 11.1 Å². The molecular weight excluding hydrogens is 352 g/mol. The molecular formula is C21H30N6O. The van der Waals surface area contributed by atoms with E-state index >= 15 is 0 Å². The number of hydrogen-bond acceptors (Lipinski definition) is 5. The van der Waals surface area contributed by atoms with E-state index in [1.165, 1.54) is 12.8 Å². The first-order chi connectivity index (χ1) is 13.2. The molecule has 4 rings (SSSR count). The number of aryl methyl sites for hydroxylation is 2. The minimum absolute atomic E-state index is 0.0577. The lowest BCUT2D eigenvalue weighted by Gasteiger charge is -2.27. The normalized spacial score (nSPS) is 23.1. The lowest BCUT2D eigenvalue weighted by molar-refractivity contribution is 0.0936. The van der Waals surface area contributed by atoms with Gasteiger partial charge < -0.3 is 16.0 Å². The van der Waals surface area contributed by atoms with E-state index in [1.54, 1.807) is 10.9 Å². The first-order valence-corrected chi connectivity index (χ1v) is 10.1. The summed E-state index contributed by atoms with van der Waals surface area (Å²) in [7, 11) is 1.90. The molecule has 28 heavy (non-hydrogen) atoms. The Morgan fingerprint density at radius 2 is 2.14 bits per heavy atom. The largest absolute Gasteiger partial charge is 0.368 e. The van der Waals surface area contributed by atoms with Crippen molar-refractivity contribution in [3.63, 3.8) is 0 Å². The molecule has 1 saturated heterocycles. The fourth-order valence-electron chi connectivity index (χ4n) is 4.16. The van der Waals surface area contributed by atoms with Crippen LogP contribution in [0.1, 0.15) is 49.2 Å². The highest BCUT2D eigenvalue weighted by molar-refractivity contribution is 6.03. The summed E-state index contributed by atoms with van der Waals surface area (Å²) in [6, 6.07) is 0.182. The zero-order valence-electron chi connectivity index (χ0n) is 17.2. The summed E-state index contributed by atoms with van der Waals surface area (Å²) < 4.78 is 1.78. The number of hydrogen-bond donors (Lipinski definition) is 2. The molecule has 3 N–H and O–H groups in total. The molecule has 1 amide bonds. The van der Waals surface area contributed by atoms with Gasteiger partial charge in [-0.1, -0.05) is 0 Å². The van der Waals surface area contributed by atoms with Crippen molar-refractivity contribution >= 4 is 11.6 Å². The van der Waals surface area contributed by atoms with Crippen molar-refractivity contribution < 1.29 is 4.79 Å². The van der Waals surface area contributed by atoms with Crippen molar-refractivity contribution in [2.24, 2.45) is 18.7 Å². The second-order valence-corrected chi connectivity index (χ2v) is 8.81. The monoisotopic (exact) mass is 382 g/mol. The molecule has 2 fully saturated rings. The number of carbonyl (C=O) groups excluding carboxylic acids is 1. The van der Waals surface area contributed by atoms with Gasteiger partial charge in [-0.15, -0.1) is 0 Å². The van der Waals surface area contributed by atoms with Gasteiger partial charge in [0.2, 0.25) is 0 Å². The predicted octanol–water partition coefficient (Wildman–Crippen LogP) is 2.25. The smallest absolute Gasteiger partial charge is 0.255 e. The Kier molecular flexibility index (Phi) is 4.65. The number of amides is 1. The Labute approximate surface area is 166 Å². The van der Waals surface area contributed by atoms with Crippen LogP contribution < -0.4 is 16.0 Å². The number of aromatic nitrogens is 3. The van der Waals surface area contributed by atoms with Gasteiger partial charge >= 0.3 is 0 Å². The van der Waals surface area contributed by atoms with Crippen LogP contribution >= 0.6 is 0 Å². The van der Waals surface area contributed by atoms with Crippen LogP contribution in [0.5, 0.6) is 0 Å². The van der Waals surface area contributed by atoms with Gasteiger partial charge in [0, 0.05) is 60.9 Å². The maximum atomic E-state index is 13.2. The van der Waals surface area contributed by atoms with Crippen molar-refractivity contribution in [1.82, 2.24) is 20.1 Å². The first kappa shape index (κ1) is 18.9. The van der Waals surface area contributed by atoms with E-state index in [-0.39, 0.29) is 17.5 Å². The number of pyridine rings is 1. The molecule has 0 bridgehead atoms. The third kappa shape index (κ3) is 3.63. The average Bonchev–Trinajstić information content (AvgIpc) is 3.31. The van der Waals surface area contributed by atoms with Gasteiger partial charge in [0.05, 0.1) is 17.4 Å². The third-order valence-corrected chi connectivity index (χ3v) is 5.99. The van der Waals surface area contributed by atoms with E-state index in [9.17, 15) is 4.79 Å². The van der Waals surface area contributed by atoms with Crippen LogP contribution in [0.15, 0.2) is 18.6 Å². The van der Waals surface area contributed by atoms with Crippen LogP contribution in [0.3, 0.4) is 0 Å². The summed E-state index contributed by atoms with van der Waals surface area (Å²) in [6.07, 6.45) is 8.80. The van der Waals surface area contributed by atoms with E-state index in [1.807, 2.05) is 26.4 Å². The van der Waals surface area contributed by atoms with Gasteiger partial charge in [0.25, 0.3) is 5.91 Å². The molecule has 0 aromatic carbocycles. The Balaban J connectivity index is 1.80. The standard InChI is InChI=1S/C21H30N6O/c1-13(15-5-6-15)25-20(28)17-10-23-14(2)18(16-9-24-26(4)11-16)19(17)27-8-7-21(3,22)12-27/h9-11,13,15H,5-8,12,22H2,1-4H3,(H,25,28)/t13?,21-/m0/s1. The lowest BCUT2D eigenvalue weighted by atomic mass is 10.00. The SMILES string of the molecule is Cc1ncc(C(=O)NC(C)C2CC2)c(N2CC[C@](C)(N)C2)c1-c1cnn(C)c1. The summed E-state index contributed by atoms with van der Waals surface area (Å²) >= 11 is 0. The van der Waals surface area contributed by atoms with Crippen LogP contribution in [-0.2, 0) is 7.05 Å². The third-order valence-electron chi connectivity index (χ3n) is 5.99. The number of nitrogens with two attached hydrogens (primary N) is 1. The molecule has 0 spiro atoms. The van der Waals surface area contributed by atoms with Crippen molar-refractivity contribution in [1.29, 1.82) is 0 Å². The maximum absolute atomic E-state index is 13.2. The number of anilines is 1. The topological polar surface area (TPSA) is 89.1 Å². The highest BCUT2D eigenvalue weighted by Gasteiger charge is 2.35. The molecule has 2 aliphatic rings. The molecule has 2 aromatic rings. The molecule has 1 saturated carbocycles. The Bertz CT molecular complexity index is 898. The fourth-order valence-corrected chi connectivity index (χ4v) is 4.16. The van der Waals surface area contributed by atoms with Gasteiger partial charge in [-0.2, -0.15) is 5.10 Å². The number of nitrogens with one attached hydrogen (secondary N) is 1. The van der Waals surface area contributed by atoms with Crippen LogP contribution in [-0.4, -0.2) is 45.3 Å². The van der Waals surface area contributed by atoms with Gasteiger partial charge in [-0.3, -0.25) is 14.5 Å². The number of carbonyl (C=O) groups is 1. The van der Waals surface area contributed by atoms with Crippen molar-refractivity contribution in [3.05, 3.63) is 29.8 Å². The summed E-state index contributed by atoms with van der Waals surface area (Å²) in [5.41, 5.74) is 10.5. The van der Waals surface area contributed by atoms with E-state index in [0.717, 1.165) is 35.5 Å².